The lowest BCUT2D eigenvalue weighted by molar-refractivity contribution is -0.0610. The van der Waals surface area contributed by atoms with Crippen LogP contribution in [0.3, 0.4) is 0 Å². The molecule has 0 radical (unpaired) electrons. The van der Waals surface area contributed by atoms with Gasteiger partial charge in [-0.15, -0.1) is 0 Å². The van der Waals surface area contributed by atoms with Crippen molar-refractivity contribution in [2.75, 3.05) is 25.2 Å². The highest BCUT2D eigenvalue weighted by Crippen LogP contribution is 2.22. The number of ether oxygens (including phenoxy) is 1. The molecule has 0 saturated carbocycles. The summed E-state index contributed by atoms with van der Waals surface area (Å²) in [5, 5.41) is 1.04. The predicted octanol–water partition coefficient (Wildman–Crippen LogP) is 5.00. The highest BCUT2D eigenvalue weighted by molar-refractivity contribution is 6.36. The zero-order chi connectivity index (χ0) is 19.1. The molecule has 0 aliphatic carbocycles. The molecule has 2 aromatic carbocycles. The molecule has 2 aromatic rings. The number of carbonyl (C=O) groups is 1. The van der Waals surface area contributed by atoms with E-state index in [-0.39, 0.29) is 0 Å². The van der Waals surface area contributed by atoms with Crippen LogP contribution in [-0.4, -0.2) is 31.9 Å². The molecule has 0 saturated heterocycles. The van der Waals surface area contributed by atoms with E-state index in [2.05, 4.69) is 38.1 Å². The van der Waals surface area contributed by atoms with Crippen LogP contribution in [0.4, 0.5) is 10.5 Å². The van der Waals surface area contributed by atoms with Gasteiger partial charge in [-0.2, -0.15) is 0 Å². The third kappa shape index (κ3) is 5.38. The van der Waals surface area contributed by atoms with Crippen LogP contribution in [0.2, 0.25) is 0 Å². The van der Waals surface area contributed by atoms with Crippen molar-refractivity contribution in [1.82, 2.24) is 5.06 Å². The highest BCUT2D eigenvalue weighted by Gasteiger charge is 2.17. The second kappa shape index (κ2) is 9.46. The molecular formula is C20H25ClN2O3. The number of anilines is 1. The molecule has 5 nitrogen and oxygen atoms in total. The molecule has 0 atom stereocenters. The molecule has 6 heteroatoms. The van der Waals surface area contributed by atoms with Crippen LogP contribution in [0.5, 0.6) is 5.75 Å². The smallest absolute Gasteiger partial charge is 0.362 e. The molecule has 0 unspecified atom stereocenters. The Morgan fingerprint density at radius 2 is 1.69 bits per heavy atom. The number of hydroxylamine groups is 2. The fourth-order valence-electron chi connectivity index (χ4n) is 2.34. The molecule has 0 N–H and O–H groups in total. The molecule has 0 aliphatic heterocycles. The summed E-state index contributed by atoms with van der Waals surface area (Å²) in [6.45, 7) is 4.95. The van der Waals surface area contributed by atoms with Gasteiger partial charge in [0, 0.05) is 25.2 Å². The first-order chi connectivity index (χ1) is 12.4. The summed E-state index contributed by atoms with van der Waals surface area (Å²) in [5.74, 6) is 1.26. The molecule has 2 rings (SSSR count). The highest BCUT2D eigenvalue weighted by atomic mass is 35.5. The lowest BCUT2D eigenvalue weighted by Crippen LogP contribution is -2.34. The Labute approximate surface area is 160 Å². The van der Waals surface area contributed by atoms with E-state index in [4.69, 9.17) is 21.4 Å². The van der Waals surface area contributed by atoms with E-state index in [1.165, 1.54) is 25.3 Å². The van der Waals surface area contributed by atoms with Crippen molar-refractivity contribution < 1.29 is 14.4 Å². The molecule has 140 valence electrons. The van der Waals surface area contributed by atoms with Crippen molar-refractivity contribution in [2.24, 2.45) is 0 Å². The first-order valence-electron chi connectivity index (χ1n) is 8.51. The molecule has 0 bridgehead atoms. The average Bonchev–Trinajstić information content (AvgIpc) is 2.67. The molecule has 0 spiro atoms. The van der Waals surface area contributed by atoms with Gasteiger partial charge in [0.1, 0.15) is 5.75 Å². The summed E-state index contributed by atoms with van der Waals surface area (Å²) >= 11 is 6.02. The van der Waals surface area contributed by atoms with E-state index in [1.54, 1.807) is 24.3 Å². The molecule has 2 amide bonds. The summed E-state index contributed by atoms with van der Waals surface area (Å²) in [6.07, 6.45) is 0.832. The third-order valence-corrected chi connectivity index (χ3v) is 4.42. The summed E-state index contributed by atoms with van der Waals surface area (Å²) in [6, 6.07) is 15.2. The van der Waals surface area contributed by atoms with Crippen molar-refractivity contribution in [3.63, 3.8) is 0 Å². The van der Waals surface area contributed by atoms with Crippen LogP contribution in [-0.2, 0) is 11.3 Å². The fraction of sp³-hybridized carbons (Fsp3) is 0.350. The number of amides is 2. The van der Waals surface area contributed by atoms with Crippen LogP contribution in [0, 0.1) is 0 Å². The normalized spacial score (nSPS) is 10.7. The standard InChI is InChI=1S/C20H25ClN2O3/c1-15(2)17-7-5-16(6-8-17)13-14-26-19-11-9-18(10-12-19)23(21)20(24)22(3)25-4/h5-12,15H,13-14H2,1-4H3. The van der Waals surface area contributed by atoms with E-state index in [0.29, 0.717) is 18.2 Å². The summed E-state index contributed by atoms with van der Waals surface area (Å²) in [4.78, 5) is 16.7. The minimum absolute atomic E-state index is 0.479. The maximum atomic E-state index is 11.9. The molecule has 0 aromatic heterocycles. The summed E-state index contributed by atoms with van der Waals surface area (Å²) in [5.41, 5.74) is 3.12. The van der Waals surface area contributed by atoms with Gasteiger partial charge in [-0.25, -0.2) is 14.3 Å². The van der Waals surface area contributed by atoms with Gasteiger partial charge in [0.25, 0.3) is 0 Å². The average molecular weight is 377 g/mol. The van der Waals surface area contributed by atoms with Crippen LogP contribution >= 0.6 is 11.8 Å². The van der Waals surface area contributed by atoms with Crippen LogP contribution in [0.1, 0.15) is 30.9 Å². The van der Waals surface area contributed by atoms with Gasteiger partial charge in [-0.1, -0.05) is 38.1 Å². The van der Waals surface area contributed by atoms with E-state index < -0.39 is 6.03 Å². The number of rotatable bonds is 7. The number of benzene rings is 2. The van der Waals surface area contributed by atoms with Crippen molar-refractivity contribution in [3.05, 3.63) is 59.7 Å². The van der Waals surface area contributed by atoms with E-state index in [1.807, 2.05) is 0 Å². The Balaban J connectivity index is 1.86. The maximum absolute atomic E-state index is 11.9. The first kappa shape index (κ1) is 20.1. The van der Waals surface area contributed by atoms with Gasteiger partial charge < -0.3 is 4.74 Å². The minimum atomic E-state index is -0.479. The second-order valence-electron chi connectivity index (χ2n) is 6.23. The molecular weight excluding hydrogens is 352 g/mol. The Hall–Kier alpha value is -2.24. The van der Waals surface area contributed by atoms with Crippen molar-refractivity contribution >= 4 is 23.5 Å². The topological polar surface area (TPSA) is 42.0 Å². The van der Waals surface area contributed by atoms with Crippen LogP contribution in [0.25, 0.3) is 0 Å². The van der Waals surface area contributed by atoms with Crippen molar-refractivity contribution in [3.8, 4) is 5.75 Å². The molecule has 26 heavy (non-hydrogen) atoms. The first-order valence-corrected chi connectivity index (χ1v) is 8.85. The zero-order valence-corrected chi connectivity index (χ0v) is 16.4. The van der Waals surface area contributed by atoms with E-state index in [9.17, 15) is 4.79 Å². The van der Waals surface area contributed by atoms with Gasteiger partial charge in [-0.05, 0) is 41.3 Å². The number of hydrogen-bond donors (Lipinski definition) is 0. The van der Waals surface area contributed by atoms with Gasteiger partial charge in [-0.3, -0.25) is 4.84 Å². The summed E-state index contributed by atoms with van der Waals surface area (Å²) < 4.78 is 6.76. The SMILES string of the molecule is CON(C)C(=O)N(Cl)c1ccc(OCCc2ccc(C(C)C)cc2)cc1. The lowest BCUT2D eigenvalue weighted by atomic mass is 10.0. The van der Waals surface area contributed by atoms with Gasteiger partial charge >= 0.3 is 6.03 Å². The van der Waals surface area contributed by atoms with E-state index >= 15 is 0 Å². The number of carbonyl (C=O) groups excluding carboxylic acids is 1. The molecule has 0 aliphatic rings. The third-order valence-electron chi connectivity index (χ3n) is 4.08. The summed E-state index contributed by atoms with van der Waals surface area (Å²) in [7, 11) is 2.89. The quantitative estimate of drug-likeness (QED) is 0.504. The molecule has 0 fully saturated rings. The largest absolute Gasteiger partial charge is 0.493 e. The Morgan fingerprint density at radius 1 is 1.08 bits per heavy atom. The second-order valence-corrected chi connectivity index (χ2v) is 6.57. The minimum Gasteiger partial charge on any atom is -0.493 e. The number of halogens is 1. The Morgan fingerprint density at radius 3 is 2.23 bits per heavy atom. The predicted molar refractivity (Wildman–Crippen MR) is 105 cm³/mol. The number of urea groups is 1. The van der Waals surface area contributed by atoms with Gasteiger partial charge in [0.2, 0.25) is 0 Å². The van der Waals surface area contributed by atoms with Crippen LogP contribution < -0.4 is 9.16 Å². The Kier molecular flexibility index (Phi) is 7.30. The zero-order valence-electron chi connectivity index (χ0n) is 15.6. The van der Waals surface area contributed by atoms with Crippen molar-refractivity contribution in [1.29, 1.82) is 0 Å². The van der Waals surface area contributed by atoms with Crippen molar-refractivity contribution in [2.45, 2.75) is 26.2 Å². The fourth-order valence-corrected chi connectivity index (χ4v) is 2.56. The lowest BCUT2D eigenvalue weighted by Gasteiger charge is -2.20. The maximum Gasteiger partial charge on any atom is 0.362 e. The van der Waals surface area contributed by atoms with Crippen LogP contribution in [0.15, 0.2) is 48.5 Å². The monoisotopic (exact) mass is 376 g/mol. The number of hydrogen-bond acceptors (Lipinski definition) is 3. The van der Waals surface area contributed by atoms with E-state index in [0.717, 1.165) is 21.7 Å². The number of nitrogens with zero attached hydrogens (tertiary/aromatic N) is 2. The van der Waals surface area contributed by atoms with Gasteiger partial charge in [0.15, 0.2) is 0 Å². The molecule has 0 heterocycles. The van der Waals surface area contributed by atoms with Gasteiger partial charge in [0.05, 0.1) is 19.4 Å². The Bertz CT molecular complexity index is 702.